The van der Waals surface area contributed by atoms with Crippen LogP contribution in [0.1, 0.15) is 53.5 Å². The van der Waals surface area contributed by atoms with Crippen molar-refractivity contribution in [3.63, 3.8) is 0 Å². The predicted molar refractivity (Wildman–Crippen MR) is 104 cm³/mol. The number of likely N-dealkylation sites (tertiary alicyclic amines) is 1. The van der Waals surface area contributed by atoms with Crippen LogP contribution in [0.2, 0.25) is 0 Å². The minimum atomic E-state index is -0.275. The third-order valence-corrected chi connectivity index (χ3v) is 6.31. The Morgan fingerprint density at radius 2 is 1.96 bits per heavy atom. The van der Waals surface area contributed by atoms with E-state index >= 15 is 0 Å². The van der Waals surface area contributed by atoms with Crippen molar-refractivity contribution < 1.29 is 9.18 Å². The molecule has 0 spiro atoms. The van der Waals surface area contributed by atoms with Crippen molar-refractivity contribution in [2.45, 2.75) is 44.1 Å². The van der Waals surface area contributed by atoms with Crippen molar-refractivity contribution in [1.82, 2.24) is 9.88 Å². The van der Waals surface area contributed by atoms with Crippen LogP contribution in [0.3, 0.4) is 0 Å². The fourth-order valence-electron chi connectivity index (χ4n) is 3.43. The normalized spacial score (nSPS) is 19.9. The molecule has 0 unspecified atom stereocenters. The van der Waals surface area contributed by atoms with Crippen LogP contribution in [-0.4, -0.2) is 34.9 Å². The molecule has 2 aromatic rings. The van der Waals surface area contributed by atoms with Crippen LogP contribution in [0.15, 0.2) is 24.3 Å². The third-order valence-electron chi connectivity index (χ3n) is 5.04. The molecule has 1 saturated carbocycles. The Balaban J connectivity index is 0.00000196. The molecule has 0 radical (unpaired) electrons. The molecule has 1 aromatic heterocycles. The van der Waals surface area contributed by atoms with E-state index in [0.717, 1.165) is 54.1 Å². The van der Waals surface area contributed by atoms with Gasteiger partial charge in [0.2, 0.25) is 0 Å². The highest BCUT2D eigenvalue weighted by molar-refractivity contribution is 7.15. The summed E-state index contributed by atoms with van der Waals surface area (Å²) in [6.45, 7) is 1.22. The van der Waals surface area contributed by atoms with Crippen molar-refractivity contribution in [3.8, 4) is 10.4 Å². The maximum absolute atomic E-state index is 13.3. The first-order valence-corrected chi connectivity index (χ1v) is 9.76. The van der Waals surface area contributed by atoms with E-state index in [0.29, 0.717) is 18.2 Å². The summed E-state index contributed by atoms with van der Waals surface area (Å²) in [4.78, 5) is 20.7. The quantitative estimate of drug-likeness (QED) is 0.843. The zero-order valence-corrected chi connectivity index (χ0v) is 16.1. The highest BCUT2D eigenvalue weighted by Crippen LogP contribution is 2.45. The molecule has 2 aliphatic rings. The van der Waals surface area contributed by atoms with Gasteiger partial charge in [0.1, 0.15) is 11.5 Å². The molecule has 4 rings (SSSR count). The number of halogens is 2. The fourth-order valence-corrected chi connectivity index (χ4v) is 4.66. The van der Waals surface area contributed by atoms with Crippen LogP contribution in [0, 0.1) is 5.82 Å². The Kier molecular flexibility index (Phi) is 5.95. The van der Waals surface area contributed by atoms with Crippen molar-refractivity contribution in [2.75, 3.05) is 13.1 Å². The molecule has 1 atom stereocenters. The van der Waals surface area contributed by atoms with E-state index in [2.05, 4.69) is 0 Å². The number of carbonyl (C=O) groups excluding carboxylic acids is 1. The van der Waals surface area contributed by atoms with Gasteiger partial charge in [-0.25, -0.2) is 9.37 Å². The molecule has 0 bridgehead atoms. The number of hydrogen-bond acceptors (Lipinski definition) is 4. The largest absolute Gasteiger partial charge is 0.333 e. The molecule has 26 heavy (non-hydrogen) atoms. The van der Waals surface area contributed by atoms with Gasteiger partial charge in [0, 0.05) is 25.0 Å². The van der Waals surface area contributed by atoms with Gasteiger partial charge in [0.25, 0.3) is 5.91 Å². The molecule has 2 N–H and O–H groups in total. The Morgan fingerprint density at radius 3 is 2.62 bits per heavy atom. The summed E-state index contributed by atoms with van der Waals surface area (Å²) in [5.41, 5.74) is 7.26. The summed E-state index contributed by atoms with van der Waals surface area (Å²) in [7, 11) is 0. The number of aromatic nitrogens is 1. The zero-order valence-electron chi connectivity index (χ0n) is 14.5. The van der Waals surface area contributed by atoms with Gasteiger partial charge < -0.3 is 10.6 Å². The van der Waals surface area contributed by atoms with Gasteiger partial charge in [-0.1, -0.05) is 12.1 Å². The summed E-state index contributed by atoms with van der Waals surface area (Å²) in [6, 6.07) is 6.42. The smallest absolute Gasteiger partial charge is 0.274 e. The Hall–Kier alpha value is -1.50. The Bertz CT molecular complexity index is 776. The molecule has 4 nitrogen and oxygen atoms in total. The minimum Gasteiger partial charge on any atom is -0.333 e. The number of nitrogens with two attached hydrogens (primary N) is 1. The van der Waals surface area contributed by atoms with Gasteiger partial charge in [-0.3, -0.25) is 4.79 Å². The summed E-state index contributed by atoms with van der Waals surface area (Å²) < 4.78 is 13.3. The second kappa shape index (κ2) is 8.03. The van der Waals surface area contributed by atoms with E-state index < -0.39 is 0 Å². The number of amides is 1. The number of piperidine rings is 1. The average molecular weight is 396 g/mol. The predicted octanol–water partition coefficient (Wildman–Crippen LogP) is 4.20. The van der Waals surface area contributed by atoms with Gasteiger partial charge in [0.15, 0.2) is 0 Å². The molecule has 1 aliphatic heterocycles. The van der Waals surface area contributed by atoms with Crippen LogP contribution in [0.4, 0.5) is 4.39 Å². The lowest BCUT2D eigenvalue weighted by molar-refractivity contribution is 0.0618. The summed E-state index contributed by atoms with van der Waals surface area (Å²) >= 11 is 1.58. The first kappa shape index (κ1) is 19.3. The first-order valence-electron chi connectivity index (χ1n) is 8.95. The second-order valence-electron chi connectivity index (χ2n) is 6.89. The number of carbonyl (C=O) groups is 1. The van der Waals surface area contributed by atoms with Crippen LogP contribution < -0.4 is 5.73 Å². The van der Waals surface area contributed by atoms with Gasteiger partial charge in [-0.15, -0.1) is 23.7 Å². The monoisotopic (exact) mass is 395 g/mol. The van der Waals surface area contributed by atoms with Gasteiger partial charge in [0.05, 0.1) is 9.88 Å². The fraction of sp³-hybridized carbons (Fsp3) is 0.474. The minimum absolute atomic E-state index is 0. The summed E-state index contributed by atoms with van der Waals surface area (Å²) in [5, 5.41) is 1.03. The maximum Gasteiger partial charge on any atom is 0.274 e. The standard InChI is InChI=1S/C19H22FN3OS.ClH/c20-14-8-6-12(7-9-14)17-16(22-18(25-17)13-4-5-13)19(24)23-10-2-1-3-15(23)11-21;/h6-9,13,15H,1-5,10-11,21H2;1H/t15-;/m0./s1. The molecule has 1 aliphatic carbocycles. The highest BCUT2D eigenvalue weighted by Gasteiger charge is 2.34. The maximum atomic E-state index is 13.3. The number of benzene rings is 1. The van der Waals surface area contributed by atoms with Crippen LogP contribution in [0.25, 0.3) is 10.4 Å². The second-order valence-corrected chi connectivity index (χ2v) is 7.93. The van der Waals surface area contributed by atoms with E-state index in [1.54, 1.807) is 23.5 Å². The Morgan fingerprint density at radius 1 is 1.23 bits per heavy atom. The molecule has 2 heterocycles. The van der Waals surface area contributed by atoms with E-state index in [-0.39, 0.29) is 30.2 Å². The third kappa shape index (κ3) is 3.77. The lowest BCUT2D eigenvalue weighted by Crippen LogP contribution is -2.47. The molecular weight excluding hydrogens is 373 g/mol. The van der Waals surface area contributed by atoms with Crippen molar-refractivity contribution >= 4 is 29.7 Å². The summed E-state index contributed by atoms with van der Waals surface area (Å²) in [6.07, 6.45) is 5.35. The molecule has 1 saturated heterocycles. The Labute approximate surface area is 163 Å². The van der Waals surface area contributed by atoms with E-state index in [4.69, 9.17) is 10.7 Å². The van der Waals surface area contributed by atoms with Crippen LogP contribution in [-0.2, 0) is 0 Å². The molecule has 7 heteroatoms. The van der Waals surface area contributed by atoms with Gasteiger partial charge >= 0.3 is 0 Å². The van der Waals surface area contributed by atoms with Crippen LogP contribution >= 0.6 is 23.7 Å². The SMILES string of the molecule is Cl.NC[C@@H]1CCCCN1C(=O)c1nc(C2CC2)sc1-c1ccc(F)cc1. The molecule has 1 amide bonds. The van der Waals surface area contributed by atoms with E-state index in [9.17, 15) is 9.18 Å². The molecular formula is C19H23ClFN3OS. The average Bonchev–Trinajstić information content (AvgIpc) is 3.41. The zero-order chi connectivity index (χ0) is 17.4. The highest BCUT2D eigenvalue weighted by atomic mass is 35.5. The summed E-state index contributed by atoms with van der Waals surface area (Å²) in [5.74, 6) is 0.179. The molecule has 1 aromatic carbocycles. The lowest BCUT2D eigenvalue weighted by Gasteiger charge is -2.34. The van der Waals surface area contributed by atoms with E-state index in [1.165, 1.54) is 12.1 Å². The van der Waals surface area contributed by atoms with Gasteiger partial charge in [-0.2, -0.15) is 0 Å². The lowest BCUT2D eigenvalue weighted by atomic mass is 10.0. The molecule has 140 valence electrons. The number of nitrogens with zero attached hydrogens (tertiary/aromatic N) is 2. The molecule has 2 fully saturated rings. The van der Waals surface area contributed by atoms with E-state index in [1.807, 2.05) is 4.90 Å². The number of hydrogen-bond donors (Lipinski definition) is 1. The number of thiazole rings is 1. The van der Waals surface area contributed by atoms with Crippen LogP contribution in [0.5, 0.6) is 0 Å². The number of rotatable bonds is 4. The topological polar surface area (TPSA) is 59.2 Å². The van der Waals surface area contributed by atoms with Crippen molar-refractivity contribution in [2.24, 2.45) is 5.73 Å². The van der Waals surface area contributed by atoms with Crippen molar-refractivity contribution in [1.29, 1.82) is 0 Å². The van der Waals surface area contributed by atoms with Crippen molar-refractivity contribution in [3.05, 3.63) is 40.8 Å². The van der Waals surface area contributed by atoms with Gasteiger partial charge in [-0.05, 0) is 49.8 Å². The first-order chi connectivity index (χ1) is 12.2.